The predicted octanol–water partition coefficient (Wildman–Crippen LogP) is 15.4. The number of hydrogen-bond donors (Lipinski definition) is 0. The summed E-state index contributed by atoms with van der Waals surface area (Å²) in [4.78, 5) is 0. The number of rotatable bonds is 5. The van der Waals surface area contributed by atoms with Crippen molar-refractivity contribution in [3.05, 3.63) is 182 Å². The van der Waals surface area contributed by atoms with Gasteiger partial charge in [-0.2, -0.15) is 12.1 Å². The Morgan fingerprint density at radius 2 is 1.09 bits per heavy atom. The molecule has 0 saturated heterocycles. The van der Waals surface area contributed by atoms with E-state index in [1.54, 1.807) is 0 Å². The summed E-state index contributed by atoms with van der Waals surface area (Å²) in [5.41, 5.74) is 13.9. The summed E-state index contributed by atoms with van der Waals surface area (Å²) in [6.07, 6.45) is 0.983. The molecular weight excluding hydrogens is 803 g/mol. The van der Waals surface area contributed by atoms with Gasteiger partial charge in [0.1, 0.15) is 0 Å². The van der Waals surface area contributed by atoms with Gasteiger partial charge in [0.2, 0.25) is 0 Å². The molecule has 2 radical (unpaired) electrons. The molecule has 0 nitrogen and oxygen atoms in total. The normalized spacial score (nSPS) is 10.8. The van der Waals surface area contributed by atoms with Crippen LogP contribution in [0.1, 0.15) is 94.7 Å². The Balaban J connectivity index is 0.000000500. The Labute approximate surface area is 363 Å². The molecule has 7 aromatic carbocycles. The van der Waals surface area contributed by atoms with Crippen LogP contribution in [0.4, 0.5) is 0 Å². The molecule has 290 valence electrons. The van der Waals surface area contributed by atoms with E-state index in [4.69, 9.17) is 0 Å². The molecule has 4 heteroatoms. The van der Waals surface area contributed by atoms with Crippen molar-refractivity contribution in [2.45, 2.75) is 85.5 Å². The minimum absolute atomic E-state index is 0. The van der Waals surface area contributed by atoms with Crippen molar-refractivity contribution in [2.24, 2.45) is 0 Å². The van der Waals surface area contributed by atoms with E-state index in [1.165, 1.54) is 101 Å². The molecule has 0 bridgehead atoms. The van der Waals surface area contributed by atoms with E-state index in [2.05, 4.69) is 203 Å². The van der Waals surface area contributed by atoms with Gasteiger partial charge in [0.15, 0.2) is 0 Å². The molecule has 0 heterocycles. The van der Waals surface area contributed by atoms with Crippen LogP contribution in [0.3, 0.4) is 0 Å². The van der Waals surface area contributed by atoms with Gasteiger partial charge in [0.05, 0.1) is 0 Å². The van der Waals surface area contributed by atoms with Gasteiger partial charge in [-0.1, -0.05) is 164 Å². The maximum absolute atomic E-state index is 3.06. The fourth-order valence-electron chi connectivity index (χ4n) is 6.83. The number of aryl methyl sites for hydroxylation is 1. The Hall–Kier alpha value is -3.00. The Bertz CT molecular complexity index is 2190. The van der Waals surface area contributed by atoms with E-state index in [-0.39, 0.29) is 50.5 Å². The van der Waals surface area contributed by atoms with Crippen LogP contribution in [0.5, 0.6) is 0 Å². The fraction of sp³-hybridized carbons (Fsp3) is 0.255. The van der Waals surface area contributed by atoms with Crippen LogP contribution in [0.15, 0.2) is 133 Å². The van der Waals surface area contributed by atoms with Crippen molar-refractivity contribution in [3.63, 3.8) is 0 Å². The van der Waals surface area contributed by atoms with Crippen LogP contribution < -0.4 is 0 Å². The molecular formula is C51H60Cl2SiZr-4. The molecule has 0 N–H and O–H groups in total. The molecule has 0 fully saturated rings. The van der Waals surface area contributed by atoms with Gasteiger partial charge < -0.3 is 14.9 Å². The van der Waals surface area contributed by atoms with Crippen molar-refractivity contribution >= 4 is 53.2 Å². The van der Waals surface area contributed by atoms with Crippen molar-refractivity contribution in [1.29, 1.82) is 0 Å². The third-order valence-electron chi connectivity index (χ3n) is 9.98. The molecule has 55 heavy (non-hydrogen) atoms. The molecule has 7 rings (SSSR count). The first-order valence-corrected chi connectivity index (χ1v) is 22.4. The van der Waals surface area contributed by atoms with Crippen molar-refractivity contribution < 1.29 is 23.3 Å². The molecule has 7 aromatic rings. The minimum atomic E-state index is 0. The average Bonchev–Trinajstić information content (AvgIpc) is 3.75. The van der Waals surface area contributed by atoms with E-state index < -0.39 is 0 Å². The average molecular weight is 863 g/mol. The van der Waals surface area contributed by atoms with Crippen molar-refractivity contribution in [1.82, 2.24) is 0 Å². The quantitative estimate of drug-likeness (QED) is 0.119. The zero-order valence-corrected chi connectivity index (χ0v) is 39.9. The van der Waals surface area contributed by atoms with Crippen LogP contribution in [0, 0.1) is 21.8 Å². The topological polar surface area (TPSA) is 0 Å². The Morgan fingerprint density at radius 1 is 0.582 bits per heavy atom. The Morgan fingerprint density at radius 3 is 1.58 bits per heavy atom. The zero-order valence-electron chi connectivity index (χ0n) is 34.8. The number of halogens is 2. The summed E-state index contributed by atoms with van der Waals surface area (Å²) in [5.74, 6) is 0.573. The van der Waals surface area contributed by atoms with Crippen LogP contribution in [-0.4, -0.2) is 6.88 Å². The van der Waals surface area contributed by atoms with Crippen molar-refractivity contribution in [3.8, 4) is 22.3 Å². The van der Waals surface area contributed by atoms with Gasteiger partial charge in [-0.15, -0.1) is 93.4 Å². The molecule has 0 aromatic heterocycles. The second-order valence-electron chi connectivity index (χ2n) is 16.2. The third-order valence-corrected chi connectivity index (χ3v) is 9.98. The molecule has 0 aliphatic heterocycles. The predicted molar refractivity (Wildman–Crippen MR) is 249 cm³/mol. The molecule has 0 unspecified atom stereocenters. The summed E-state index contributed by atoms with van der Waals surface area (Å²) in [6, 6.07) is 49.4. The maximum atomic E-state index is 3.06. The summed E-state index contributed by atoms with van der Waals surface area (Å²) in [6.45, 7) is 23.3. The SMILES string of the molecule is CC(C)c1cc2c(-c3ccc(C(C)(C)C)cc3)cccc2[cH-]1.Cc1ccc(-c2ccc(C(C)(C)C)cc2)c2cc(Cc3ccccc3)[cH-]c12.Cl.Cl.[CH3-].[CH3-].[Si]=[Zr]. The summed E-state index contributed by atoms with van der Waals surface area (Å²) in [7, 11) is 0. The van der Waals surface area contributed by atoms with Crippen LogP contribution >= 0.6 is 24.8 Å². The van der Waals surface area contributed by atoms with Crippen LogP contribution in [-0.2, 0) is 40.6 Å². The zero-order chi connectivity index (χ0) is 36.9. The second-order valence-corrected chi connectivity index (χ2v) is 16.2. The first kappa shape index (κ1) is 50.0. The number of fused-ring (bicyclic) bond motifs is 2. The second kappa shape index (κ2) is 21.5. The van der Waals surface area contributed by atoms with Gasteiger partial charge in [0.25, 0.3) is 0 Å². The third kappa shape index (κ3) is 12.2. The van der Waals surface area contributed by atoms with Gasteiger partial charge >= 0.3 is 30.2 Å². The van der Waals surface area contributed by atoms with Gasteiger partial charge in [-0.3, -0.25) is 0 Å². The first-order chi connectivity index (χ1) is 24.3. The fourth-order valence-corrected chi connectivity index (χ4v) is 6.83. The molecule has 0 atom stereocenters. The van der Waals surface area contributed by atoms with Gasteiger partial charge in [-0.05, 0) is 51.0 Å². The van der Waals surface area contributed by atoms with E-state index in [0.717, 1.165) is 6.42 Å². The van der Waals surface area contributed by atoms with Crippen molar-refractivity contribution in [2.75, 3.05) is 0 Å². The molecule has 0 aliphatic carbocycles. The van der Waals surface area contributed by atoms with Gasteiger partial charge in [-0.25, -0.2) is 0 Å². The summed E-state index contributed by atoms with van der Waals surface area (Å²) >= 11 is 1.36. The number of benzene rings is 5. The summed E-state index contributed by atoms with van der Waals surface area (Å²) in [5, 5.41) is 5.46. The molecule has 0 aliphatic rings. The van der Waals surface area contributed by atoms with E-state index in [9.17, 15) is 0 Å². The molecule has 0 spiro atoms. The van der Waals surface area contributed by atoms with E-state index in [1.807, 2.05) is 0 Å². The monoisotopic (exact) mass is 860 g/mol. The molecule has 0 amide bonds. The standard InChI is InChI=1S/C27H27.C22H25.2CH3.2ClH.Si.Zr/c1-19-10-15-24(22-11-13-23(14-12-22)27(2,3)4)26-18-21(17-25(19)26)16-20-8-6-5-7-9-20;1-15(2)18-13-17-7-6-8-20(21(17)14-18)16-9-11-19(12-10-16)22(3,4)5;;;;;;/h5-15,17-18H,16H2,1-4H3;6-15H,1-5H3;2*1H3;2*1H;;/q4*-1;;;;. The Kier molecular flexibility index (Phi) is 19.6. The van der Waals surface area contributed by atoms with E-state index >= 15 is 0 Å². The van der Waals surface area contributed by atoms with Crippen LogP contribution in [0.2, 0.25) is 0 Å². The summed E-state index contributed by atoms with van der Waals surface area (Å²) < 4.78 is 0. The van der Waals surface area contributed by atoms with E-state index in [0.29, 0.717) is 5.92 Å². The van der Waals surface area contributed by atoms with Crippen LogP contribution in [0.25, 0.3) is 43.8 Å². The first-order valence-electron chi connectivity index (χ1n) is 18.2. The van der Waals surface area contributed by atoms with Gasteiger partial charge in [0, 0.05) is 0 Å². The molecule has 0 saturated carbocycles. The number of hydrogen-bond acceptors (Lipinski definition) is 0.